The van der Waals surface area contributed by atoms with Crippen molar-refractivity contribution in [2.24, 2.45) is 0 Å². The van der Waals surface area contributed by atoms with E-state index >= 15 is 0 Å². The van der Waals surface area contributed by atoms with Crippen LogP contribution >= 0.6 is 15.9 Å². The van der Waals surface area contributed by atoms with Crippen LogP contribution in [0.5, 0.6) is 5.75 Å². The van der Waals surface area contributed by atoms with Crippen LogP contribution in [0.3, 0.4) is 0 Å². The Bertz CT molecular complexity index is 910. The Morgan fingerprint density at radius 3 is 2.22 bits per heavy atom. The highest BCUT2D eigenvalue weighted by Crippen LogP contribution is 2.26. The lowest BCUT2D eigenvalue weighted by molar-refractivity contribution is -0.143. The smallest absolute Gasteiger partial charge is 0.261 e. The Kier molecular flexibility index (Phi) is 9.69. The minimum atomic E-state index is -0.654. The number of nitrogens with one attached hydrogen (secondary N) is 1. The van der Waals surface area contributed by atoms with Gasteiger partial charge < -0.3 is 15.0 Å². The molecule has 0 aliphatic carbocycles. The molecule has 0 saturated heterocycles. The number of carbonyl (C=O) groups is 2. The second-order valence-electron chi connectivity index (χ2n) is 8.05. The van der Waals surface area contributed by atoms with Gasteiger partial charge >= 0.3 is 0 Å². The molecule has 0 spiro atoms. The molecule has 5 nitrogen and oxygen atoms in total. The highest BCUT2D eigenvalue weighted by molar-refractivity contribution is 9.10. The van der Waals surface area contributed by atoms with Crippen LogP contribution < -0.4 is 10.1 Å². The fourth-order valence-corrected chi connectivity index (χ4v) is 3.59. The van der Waals surface area contributed by atoms with Crippen molar-refractivity contribution >= 4 is 27.7 Å². The maximum Gasteiger partial charge on any atom is 0.261 e. The summed E-state index contributed by atoms with van der Waals surface area (Å²) in [6.45, 7) is 9.69. The molecular formula is C25H32BrFN2O3. The summed E-state index contributed by atoms with van der Waals surface area (Å²) in [5, 5.41) is 2.97. The lowest BCUT2D eigenvalue weighted by Gasteiger charge is -2.31. The molecule has 0 radical (unpaired) electrons. The topological polar surface area (TPSA) is 58.6 Å². The number of rotatable bonds is 10. The summed E-state index contributed by atoms with van der Waals surface area (Å²) in [5.74, 6) is -0.265. The number of carbonyl (C=O) groups excluding carboxylic acids is 2. The number of nitrogens with zero attached hydrogens (tertiary/aromatic N) is 1. The fourth-order valence-electron chi connectivity index (χ4n) is 3.36. The van der Waals surface area contributed by atoms with Gasteiger partial charge in [-0.3, -0.25) is 9.59 Å². The Hall–Kier alpha value is -2.41. The zero-order valence-corrected chi connectivity index (χ0v) is 21.0. The minimum Gasteiger partial charge on any atom is -0.484 e. The summed E-state index contributed by atoms with van der Waals surface area (Å²) in [6.07, 6.45) is 1.24. The molecule has 32 heavy (non-hydrogen) atoms. The number of benzene rings is 2. The van der Waals surface area contributed by atoms with Gasteiger partial charge in [-0.1, -0.05) is 41.9 Å². The highest BCUT2D eigenvalue weighted by atomic mass is 79.9. The van der Waals surface area contributed by atoms with E-state index in [0.29, 0.717) is 12.2 Å². The molecule has 0 bridgehead atoms. The quantitative estimate of drug-likeness (QED) is 0.475. The zero-order chi connectivity index (χ0) is 23.8. The molecule has 0 aliphatic heterocycles. The fraction of sp³-hybridized carbons (Fsp3) is 0.440. The van der Waals surface area contributed by atoms with E-state index in [1.54, 1.807) is 12.1 Å². The van der Waals surface area contributed by atoms with Gasteiger partial charge in [0.15, 0.2) is 6.61 Å². The molecule has 0 saturated carbocycles. The van der Waals surface area contributed by atoms with Crippen LogP contribution in [-0.4, -0.2) is 35.4 Å². The third-order valence-electron chi connectivity index (χ3n) is 5.43. The molecule has 174 valence electrons. The Balaban J connectivity index is 2.24. The van der Waals surface area contributed by atoms with E-state index in [1.807, 2.05) is 46.8 Å². The van der Waals surface area contributed by atoms with Crippen LogP contribution in [0, 0.1) is 19.7 Å². The Labute approximate surface area is 198 Å². The van der Waals surface area contributed by atoms with Crippen molar-refractivity contribution in [3.63, 3.8) is 0 Å². The normalized spacial score (nSPS) is 12.7. The Morgan fingerprint density at radius 2 is 1.69 bits per heavy atom. The van der Waals surface area contributed by atoms with E-state index in [9.17, 15) is 14.0 Å². The molecule has 1 N–H and O–H groups in total. The third-order valence-corrected chi connectivity index (χ3v) is 6.68. The Morgan fingerprint density at radius 1 is 1.09 bits per heavy atom. The lowest BCUT2D eigenvalue weighted by atomic mass is 10.1. The molecule has 0 aromatic heterocycles. The zero-order valence-electron chi connectivity index (χ0n) is 19.4. The second kappa shape index (κ2) is 12.0. The van der Waals surface area contributed by atoms with Crippen LogP contribution in [0.25, 0.3) is 0 Å². The number of halogens is 2. The van der Waals surface area contributed by atoms with E-state index in [2.05, 4.69) is 21.2 Å². The maximum absolute atomic E-state index is 13.4. The van der Waals surface area contributed by atoms with Crippen molar-refractivity contribution in [2.75, 3.05) is 6.61 Å². The summed E-state index contributed by atoms with van der Waals surface area (Å²) >= 11 is 3.53. The van der Waals surface area contributed by atoms with Gasteiger partial charge in [0.25, 0.3) is 5.91 Å². The lowest BCUT2D eigenvalue weighted by Crippen LogP contribution is -2.51. The van der Waals surface area contributed by atoms with Crippen LogP contribution in [0.2, 0.25) is 0 Å². The van der Waals surface area contributed by atoms with Crippen LogP contribution in [0.4, 0.5) is 4.39 Å². The number of aryl methyl sites for hydroxylation is 2. The molecular weight excluding hydrogens is 475 g/mol. The summed E-state index contributed by atoms with van der Waals surface area (Å²) in [7, 11) is 0. The maximum atomic E-state index is 13.4. The molecule has 2 atom stereocenters. The summed E-state index contributed by atoms with van der Waals surface area (Å²) in [5.41, 5.74) is 2.76. The average Bonchev–Trinajstić information content (AvgIpc) is 2.76. The van der Waals surface area contributed by atoms with Gasteiger partial charge in [-0.05, 0) is 74.6 Å². The molecule has 0 aliphatic rings. The molecule has 2 aromatic rings. The van der Waals surface area contributed by atoms with E-state index < -0.39 is 6.04 Å². The van der Waals surface area contributed by atoms with Crippen molar-refractivity contribution in [2.45, 2.75) is 66.1 Å². The van der Waals surface area contributed by atoms with Crippen LogP contribution in [-0.2, 0) is 16.1 Å². The molecule has 2 unspecified atom stereocenters. The predicted molar refractivity (Wildman–Crippen MR) is 128 cm³/mol. The van der Waals surface area contributed by atoms with Crippen molar-refractivity contribution in [3.05, 3.63) is 63.4 Å². The first-order valence-electron chi connectivity index (χ1n) is 10.9. The molecule has 0 heterocycles. The van der Waals surface area contributed by atoms with E-state index in [1.165, 1.54) is 17.0 Å². The highest BCUT2D eigenvalue weighted by Gasteiger charge is 2.29. The first-order chi connectivity index (χ1) is 15.2. The van der Waals surface area contributed by atoms with Crippen molar-refractivity contribution in [3.8, 4) is 5.75 Å². The van der Waals surface area contributed by atoms with Gasteiger partial charge in [0.05, 0.1) is 0 Å². The summed E-state index contributed by atoms with van der Waals surface area (Å²) in [4.78, 5) is 27.7. The van der Waals surface area contributed by atoms with E-state index in [4.69, 9.17) is 4.74 Å². The molecule has 2 rings (SSSR count). The number of amides is 2. The van der Waals surface area contributed by atoms with Crippen molar-refractivity contribution in [1.29, 1.82) is 0 Å². The van der Waals surface area contributed by atoms with Gasteiger partial charge in [-0.25, -0.2) is 4.39 Å². The predicted octanol–water partition coefficient (Wildman–Crippen LogP) is 5.31. The van der Waals surface area contributed by atoms with Gasteiger partial charge in [0.2, 0.25) is 5.91 Å². The first kappa shape index (κ1) is 25.8. The molecule has 0 fully saturated rings. The van der Waals surface area contributed by atoms with Gasteiger partial charge in [-0.2, -0.15) is 0 Å². The van der Waals surface area contributed by atoms with E-state index in [-0.39, 0.29) is 36.8 Å². The number of ether oxygens (including phenoxy) is 1. The molecule has 7 heteroatoms. The number of hydrogen-bond acceptors (Lipinski definition) is 3. The van der Waals surface area contributed by atoms with Crippen molar-refractivity contribution in [1.82, 2.24) is 10.2 Å². The summed E-state index contributed by atoms with van der Waals surface area (Å²) in [6, 6.07) is 9.02. The van der Waals surface area contributed by atoms with Gasteiger partial charge in [0.1, 0.15) is 17.6 Å². The monoisotopic (exact) mass is 506 g/mol. The largest absolute Gasteiger partial charge is 0.484 e. The third kappa shape index (κ3) is 7.05. The standard InChI is InChI=1S/C25H32BrFN2O3/c1-6-18(5)28-25(31)22(7-2)29(14-19-8-10-20(27)11-9-19)23(30)15-32-21-12-16(3)24(26)17(4)13-21/h8-13,18,22H,6-7,14-15H2,1-5H3,(H,28,31). The van der Waals surface area contributed by atoms with Gasteiger partial charge in [0, 0.05) is 17.1 Å². The molecule has 2 aromatic carbocycles. The van der Waals surface area contributed by atoms with Crippen LogP contribution in [0.1, 0.15) is 50.3 Å². The van der Waals surface area contributed by atoms with E-state index in [0.717, 1.165) is 27.6 Å². The molecule has 2 amide bonds. The second-order valence-corrected chi connectivity index (χ2v) is 8.84. The number of hydrogen-bond donors (Lipinski definition) is 1. The SMILES string of the molecule is CCC(C)NC(=O)C(CC)N(Cc1ccc(F)cc1)C(=O)COc1cc(C)c(Br)c(C)c1. The first-order valence-corrected chi connectivity index (χ1v) is 11.7. The minimum absolute atomic E-state index is 0.00397. The van der Waals surface area contributed by atoms with Crippen LogP contribution in [0.15, 0.2) is 40.9 Å². The van der Waals surface area contributed by atoms with Crippen molar-refractivity contribution < 1.29 is 18.7 Å². The summed E-state index contributed by atoms with van der Waals surface area (Å²) < 4.78 is 20.1. The van der Waals surface area contributed by atoms with Gasteiger partial charge in [-0.15, -0.1) is 0 Å². The average molecular weight is 507 g/mol.